The molecule has 2 fully saturated rings. The first-order valence-corrected chi connectivity index (χ1v) is 8.67. The molecule has 114 valence electrons. The lowest BCUT2D eigenvalue weighted by molar-refractivity contribution is 0.0935. The fraction of sp³-hybridized carbons (Fsp3) is 0.375. The normalized spacial score (nSPS) is 26.3. The van der Waals surface area contributed by atoms with Crippen molar-refractivity contribution >= 4 is 28.8 Å². The summed E-state index contributed by atoms with van der Waals surface area (Å²) in [6, 6.07) is 8.65. The van der Waals surface area contributed by atoms with E-state index in [1.807, 2.05) is 18.2 Å². The summed E-state index contributed by atoms with van der Waals surface area (Å²) in [7, 11) is 0. The zero-order chi connectivity index (χ0) is 15.1. The van der Waals surface area contributed by atoms with Gasteiger partial charge in [0.15, 0.2) is 0 Å². The van der Waals surface area contributed by atoms with Crippen molar-refractivity contribution in [3.05, 3.63) is 40.4 Å². The molecule has 0 aliphatic carbocycles. The molecule has 4 rings (SSSR count). The topological polar surface area (TPSA) is 54.0 Å². The average Bonchev–Trinajstić information content (AvgIpc) is 3.23. The van der Waals surface area contributed by atoms with Gasteiger partial charge in [0.25, 0.3) is 5.91 Å². The molecule has 0 unspecified atom stereocenters. The minimum atomic E-state index is 0.0117. The number of halogens is 1. The van der Waals surface area contributed by atoms with Crippen molar-refractivity contribution in [1.82, 2.24) is 15.6 Å². The summed E-state index contributed by atoms with van der Waals surface area (Å²) in [6.07, 6.45) is 5.13. The van der Waals surface area contributed by atoms with Gasteiger partial charge in [-0.1, -0.05) is 11.6 Å². The Morgan fingerprint density at radius 3 is 3.00 bits per heavy atom. The Hall–Kier alpha value is -1.43. The number of aromatic nitrogens is 1. The zero-order valence-electron chi connectivity index (χ0n) is 11.9. The van der Waals surface area contributed by atoms with Crippen molar-refractivity contribution in [2.24, 2.45) is 0 Å². The molecule has 0 radical (unpaired) electrons. The summed E-state index contributed by atoms with van der Waals surface area (Å²) in [4.78, 5) is 18.4. The summed E-state index contributed by atoms with van der Waals surface area (Å²) < 4.78 is 0. The minimum Gasteiger partial charge on any atom is -0.347 e. The molecule has 4 heterocycles. The monoisotopic (exact) mass is 333 g/mol. The molecule has 2 bridgehead atoms. The number of fused-ring (bicyclic) bond motifs is 2. The van der Waals surface area contributed by atoms with E-state index in [2.05, 4.69) is 15.6 Å². The van der Waals surface area contributed by atoms with Crippen molar-refractivity contribution in [1.29, 1.82) is 0 Å². The van der Waals surface area contributed by atoms with Crippen LogP contribution in [0.2, 0.25) is 5.02 Å². The molecule has 22 heavy (non-hydrogen) atoms. The first kappa shape index (κ1) is 14.2. The molecule has 2 aromatic heterocycles. The average molecular weight is 334 g/mol. The number of nitrogens with zero attached hydrogens (tertiary/aromatic N) is 1. The minimum absolute atomic E-state index is 0.0117. The smallest absolute Gasteiger partial charge is 0.261 e. The largest absolute Gasteiger partial charge is 0.347 e. The summed E-state index contributed by atoms with van der Waals surface area (Å²) >= 11 is 7.44. The lowest BCUT2D eigenvalue weighted by Crippen LogP contribution is -2.42. The molecule has 4 nitrogen and oxygen atoms in total. The van der Waals surface area contributed by atoms with Gasteiger partial charge in [-0.05, 0) is 43.5 Å². The number of nitrogens with one attached hydrogen (secondary N) is 2. The quantitative estimate of drug-likeness (QED) is 0.907. The number of carbonyl (C=O) groups is 1. The third-order valence-corrected chi connectivity index (χ3v) is 5.76. The molecular weight excluding hydrogens is 318 g/mol. The molecule has 6 heteroatoms. The Morgan fingerprint density at radius 1 is 1.36 bits per heavy atom. The Balaban J connectivity index is 1.48. The van der Waals surface area contributed by atoms with Crippen LogP contribution in [-0.4, -0.2) is 29.0 Å². The van der Waals surface area contributed by atoms with E-state index >= 15 is 0 Å². The molecular formula is C16H16ClN3OS. The van der Waals surface area contributed by atoms with Gasteiger partial charge >= 0.3 is 0 Å². The standard InChI is InChI=1S/C16H16ClN3OS/c17-9-5-6-18-13(7-9)14-3-4-15(22-14)16(21)20-12-8-10-1-2-11(12)19-10/h3-7,10-12,19H,1-2,8H2,(H,20,21)/t10-,11+,12-/m1/s1. The summed E-state index contributed by atoms with van der Waals surface area (Å²) in [6.45, 7) is 0. The Bertz CT molecular complexity index is 717. The number of carbonyl (C=O) groups excluding carboxylic acids is 1. The van der Waals surface area contributed by atoms with Crippen LogP contribution in [0.15, 0.2) is 30.5 Å². The summed E-state index contributed by atoms with van der Waals surface area (Å²) in [5.74, 6) is 0.0117. The maximum absolute atomic E-state index is 12.4. The van der Waals surface area contributed by atoms with Gasteiger partial charge in [-0.3, -0.25) is 9.78 Å². The van der Waals surface area contributed by atoms with E-state index in [1.54, 1.807) is 12.3 Å². The molecule has 0 saturated carbocycles. The molecule has 0 spiro atoms. The second-order valence-electron chi connectivity index (χ2n) is 5.89. The van der Waals surface area contributed by atoms with Crippen LogP contribution < -0.4 is 10.6 Å². The SMILES string of the molecule is O=C(N[C@@H]1C[C@H]2CC[C@@H]1N2)c1ccc(-c2cc(Cl)ccn2)s1. The number of amides is 1. The third kappa shape index (κ3) is 2.64. The van der Waals surface area contributed by atoms with Gasteiger partial charge in [-0.15, -0.1) is 11.3 Å². The van der Waals surface area contributed by atoms with Crippen LogP contribution in [0.5, 0.6) is 0 Å². The lowest BCUT2D eigenvalue weighted by Gasteiger charge is -2.20. The van der Waals surface area contributed by atoms with Crippen molar-refractivity contribution < 1.29 is 4.79 Å². The highest BCUT2D eigenvalue weighted by atomic mass is 35.5. The molecule has 2 saturated heterocycles. The number of pyridine rings is 1. The van der Waals surface area contributed by atoms with E-state index in [0.717, 1.165) is 28.3 Å². The molecule has 2 aliphatic rings. The predicted octanol–water partition coefficient (Wildman–Crippen LogP) is 3.09. The van der Waals surface area contributed by atoms with E-state index in [0.29, 0.717) is 17.1 Å². The van der Waals surface area contributed by atoms with Gasteiger partial charge in [0.1, 0.15) is 0 Å². The predicted molar refractivity (Wildman–Crippen MR) is 88.4 cm³/mol. The van der Waals surface area contributed by atoms with Gasteiger partial charge in [0, 0.05) is 29.3 Å². The lowest BCUT2D eigenvalue weighted by atomic mass is 9.95. The van der Waals surface area contributed by atoms with Gasteiger partial charge in [0.2, 0.25) is 0 Å². The van der Waals surface area contributed by atoms with Gasteiger partial charge < -0.3 is 10.6 Å². The fourth-order valence-corrected chi connectivity index (χ4v) is 4.40. The summed E-state index contributed by atoms with van der Waals surface area (Å²) in [5, 5.41) is 7.35. The van der Waals surface area contributed by atoms with E-state index in [4.69, 9.17) is 11.6 Å². The van der Waals surface area contributed by atoms with Crippen molar-refractivity contribution in [3.63, 3.8) is 0 Å². The highest BCUT2D eigenvalue weighted by Gasteiger charge is 2.39. The third-order valence-electron chi connectivity index (χ3n) is 4.42. The Morgan fingerprint density at radius 2 is 2.27 bits per heavy atom. The maximum atomic E-state index is 12.4. The van der Waals surface area contributed by atoms with Crippen LogP contribution >= 0.6 is 22.9 Å². The first-order valence-electron chi connectivity index (χ1n) is 7.48. The Labute approximate surface area is 137 Å². The molecule has 2 aliphatic heterocycles. The van der Waals surface area contributed by atoms with Crippen LogP contribution in [0.25, 0.3) is 10.6 Å². The zero-order valence-corrected chi connectivity index (χ0v) is 13.5. The molecule has 2 aromatic rings. The molecule has 0 aromatic carbocycles. The van der Waals surface area contributed by atoms with Crippen LogP contribution in [-0.2, 0) is 0 Å². The van der Waals surface area contributed by atoms with Crippen molar-refractivity contribution in [2.45, 2.75) is 37.4 Å². The van der Waals surface area contributed by atoms with Gasteiger partial charge in [-0.2, -0.15) is 0 Å². The van der Waals surface area contributed by atoms with Gasteiger partial charge in [-0.25, -0.2) is 0 Å². The number of hydrogen-bond donors (Lipinski definition) is 2. The van der Waals surface area contributed by atoms with Crippen molar-refractivity contribution in [3.8, 4) is 10.6 Å². The number of hydrogen-bond acceptors (Lipinski definition) is 4. The van der Waals surface area contributed by atoms with Crippen LogP contribution in [0.3, 0.4) is 0 Å². The molecule has 2 N–H and O–H groups in total. The van der Waals surface area contributed by atoms with Crippen LogP contribution in [0, 0.1) is 0 Å². The maximum Gasteiger partial charge on any atom is 0.261 e. The van der Waals surface area contributed by atoms with E-state index in [1.165, 1.54) is 17.8 Å². The van der Waals surface area contributed by atoms with E-state index in [-0.39, 0.29) is 11.9 Å². The van der Waals surface area contributed by atoms with Crippen LogP contribution in [0.1, 0.15) is 28.9 Å². The number of thiophene rings is 1. The van der Waals surface area contributed by atoms with Gasteiger partial charge in [0.05, 0.1) is 15.4 Å². The van der Waals surface area contributed by atoms with Crippen LogP contribution in [0.4, 0.5) is 0 Å². The van der Waals surface area contributed by atoms with Crippen molar-refractivity contribution in [2.75, 3.05) is 0 Å². The van der Waals surface area contributed by atoms with E-state index in [9.17, 15) is 4.79 Å². The Kier molecular flexibility index (Phi) is 3.64. The highest BCUT2D eigenvalue weighted by molar-refractivity contribution is 7.17. The fourth-order valence-electron chi connectivity index (χ4n) is 3.36. The first-order chi connectivity index (χ1) is 10.7. The second kappa shape index (κ2) is 5.65. The summed E-state index contributed by atoms with van der Waals surface area (Å²) in [5.41, 5.74) is 0.804. The molecule has 3 atom stereocenters. The molecule has 1 amide bonds. The van der Waals surface area contributed by atoms with E-state index < -0.39 is 0 Å². The second-order valence-corrected chi connectivity index (χ2v) is 7.41. The highest BCUT2D eigenvalue weighted by Crippen LogP contribution is 2.30. The number of rotatable bonds is 3.